The van der Waals surface area contributed by atoms with Gasteiger partial charge in [-0.3, -0.25) is 4.57 Å². The zero-order chi connectivity index (χ0) is 24.9. The molecule has 0 radical (unpaired) electrons. The van der Waals surface area contributed by atoms with Gasteiger partial charge in [-0.1, -0.05) is 146 Å². The van der Waals surface area contributed by atoms with Crippen LogP contribution in [0.4, 0.5) is 0 Å². The molecule has 0 spiro atoms. The first kappa shape index (κ1) is 22.5. The van der Waals surface area contributed by atoms with Crippen LogP contribution in [0.3, 0.4) is 0 Å². The van der Waals surface area contributed by atoms with E-state index in [9.17, 15) is 0 Å². The molecule has 0 aliphatic rings. The normalized spacial score (nSPS) is 11.1. The molecule has 0 unspecified atom stereocenters. The van der Waals surface area contributed by atoms with Crippen LogP contribution in [0.2, 0.25) is 0 Å². The first-order valence-corrected chi connectivity index (χ1v) is 12.5. The van der Waals surface area contributed by atoms with Gasteiger partial charge in [0, 0.05) is 22.4 Å². The molecule has 5 aromatic carbocycles. The van der Waals surface area contributed by atoms with Crippen molar-refractivity contribution in [2.24, 2.45) is 0 Å². The zero-order valence-corrected chi connectivity index (χ0v) is 20.4. The number of nitrogens with zero attached hydrogens (tertiary/aromatic N) is 2. The number of imidazole rings is 1. The van der Waals surface area contributed by atoms with Crippen molar-refractivity contribution in [3.63, 3.8) is 0 Å². The summed E-state index contributed by atoms with van der Waals surface area (Å²) >= 11 is 0. The van der Waals surface area contributed by atoms with Crippen molar-refractivity contribution in [2.45, 2.75) is 0 Å². The maximum absolute atomic E-state index is 5.27. The first-order chi connectivity index (χ1) is 18.4. The van der Waals surface area contributed by atoms with Crippen LogP contribution in [-0.4, -0.2) is 9.55 Å². The molecule has 2 nitrogen and oxygen atoms in total. The Morgan fingerprint density at radius 2 is 0.919 bits per heavy atom. The van der Waals surface area contributed by atoms with E-state index in [-0.39, 0.29) is 0 Å². The van der Waals surface area contributed by atoms with Crippen molar-refractivity contribution in [3.05, 3.63) is 157 Å². The van der Waals surface area contributed by atoms with Gasteiger partial charge in [-0.25, -0.2) is 4.98 Å². The van der Waals surface area contributed by atoms with Crippen molar-refractivity contribution in [1.82, 2.24) is 9.55 Å². The lowest BCUT2D eigenvalue weighted by Gasteiger charge is -2.14. The van der Waals surface area contributed by atoms with Crippen molar-refractivity contribution < 1.29 is 0 Å². The summed E-state index contributed by atoms with van der Waals surface area (Å²) in [6.07, 6.45) is 4.29. The largest absolute Gasteiger partial charge is 0.292 e. The van der Waals surface area contributed by atoms with Gasteiger partial charge in [-0.15, -0.1) is 0 Å². The maximum Gasteiger partial charge on any atom is 0.145 e. The molecule has 0 amide bonds. The third kappa shape index (κ3) is 4.78. The number of hydrogen-bond donors (Lipinski definition) is 0. The Balaban J connectivity index is 1.52. The summed E-state index contributed by atoms with van der Waals surface area (Å²) in [6, 6.07) is 50.5. The second kappa shape index (κ2) is 10.3. The molecular weight excluding hydrogens is 448 g/mol. The second-order valence-corrected chi connectivity index (χ2v) is 8.90. The molecule has 1 heterocycles. The van der Waals surface area contributed by atoms with Gasteiger partial charge in [-0.2, -0.15) is 0 Å². The summed E-state index contributed by atoms with van der Waals surface area (Å²) in [5.74, 6) is 0.919. The highest BCUT2D eigenvalue weighted by molar-refractivity contribution is 5.84. The lowest BCUT2D eigenvalue weighted by molar-refractivity contribution is 1.07. The van der Waals surface area contributed by atoms with E-state index >= 15 is 0 Å². The number of para-hydroxylation sites is 1. The zero-order valence-electron chi connectivity index (χ0n) is 20.4. The molecule has 0 saturated heterocycles. The minimum atomic E-state index is 0.919. The minimum Gasteiger partial charge on any atom is -0.292 e. The predicted octanol–water partition coefficient (Wildman–Crippen LogP) is 9.04. The van der Waals surface area contributed by atoms with Gasteiger partial charge in [0.15, 0.2) is 0 Å². The van der Waals surface area contributed by atoms with Crippen LogP contribution >= 0.6 is 0 Å². The van der Waals surface area contributed by atoms with Gasteiger partial charge < -0.3 is 0 Å². The lowest BCUT2D eigenvalue weighted by atomic mass is 10.0. The summed E-state index contributed by atoms with van der Waals surface area (Å²) in [7, 11) is 0. The average Bonchev–Trinajstić information content (AvgIpc) is 3.39. The number of hydrogen-bond acceptors (Lipinski definition) is 1. The Kier molecular flexibility index (Phi) is 6.30. The Hall–Kier alpha value is -4.95. The van der Waals surface area contributed by atoms with Crippen LogP contribution in [0.25, 0.3) is 51.7 Å². The number of aromatic nitrogens is 2. The first-order valence-electron chi connectivity index (χ1n) is 12.5. The van der Waals surface area contributed by atoms with Crippen LogP contribution < -0.4 is 0 Å². The summed E-state index contributed by atoms with van der Waals surface area (Å²) in [5, 5.41) is 0. The Labute approximate surface area is 217 Å². The maximum atomic E-state index is 5.27. The highest BCUT2D eigenvalue weighted by Gasteiger charge is 2.22. The molecule has 6 aromatic rings. The molecule has 37 heavy (non-hydrogen) atoms. The van der Waals surface area contributed by atoms with Crippen LogP contribution in [-0.2, 0) is 0 Å². The van der Waals surface area contributed by atoms with E-state index in [1.54, 1.807) is 0 Å². The van der Waals surface area contributed by atoms with E-state index in [4.69, 9.17) is 4.98 Å². The molecule has 0 atom stereocenters. The van der Waals surface area contributed by atoms with Crippen molar-refractivity contribution in [3.8, 4) is 39.6 Å². The molecule has 1 aromatic heterocycles. The van der Waals surface area contributed by atoms with E-state index in [1.165, 1.54) is 5.56 Å². The van der Waals surface area contributed by atoms with Crippen LogP contribution in [0.15, 0.2) is 146 Å². The topological polar surface area (TPSA) is 17.8 Å². The van der Waals surface area contributed by atoms with Crippen molar-refractivity contribution >= 4 is 12.2 Å². The molecule has 176 valence electrons. The molecule has 0 bridgehead atoms. The van der Waals surface area contributed by atoms with Crippen molar-refractivity contribution in [1.29, 1.82) is 0 Å². The quantitative estimate of drug-likeness (QED) is 0.220. The van der Waals surface area contributed by atoms with E-state index in [0.717, 1.165) is 45.2 Å². The summed E-state index contributed by atoms with van der Waals surface area (Å²) in [6.45, 7) is 0. The summed E-state index contributed by atoms with van der Waals surface area (Å²) in [5.41, 5.74) is 8.77. The smallest absolute Gasteiger partial charge is 0.145 e. The molecule has 6 rings (SSSR count). The van der Waals surface area contributed by atoms with Gasteiger partial charge in [0.05, 0.1) is 11.4 Å². The van der Waals surface area contributed by atoms with Crippen LogP contribution in [0.1, 0.15) is 11.1 Å². The Morgan fingerprint density at radius 1 is 0.432 bits per heavy atom. The Bertz CT molecular complexity index is 1610. The third-order valence-electron chi connectivity index (χ3n) is 6.42. The molecule has 0 aliphatic heterocycles. The molecule has 0 saturated carbocycles. The SMILES string of the molecule is C(=C\c1ccc(-c2nc(-c3ccccc3)c(-c3ccccc3)n2-c2ccccc2)cc1)/c1ccccc1. The van der Waals surface area contributed by atoms with Gasteiger partial charge in [0.2, 0.25) is 0 Å². The number of benzene rings is 5. The highest BCUT2D eigenvalue weighted by atomic mass is 15.1. The molecule has 0 fully saturated rings. The molecule has 0 N–H and O–H groups in total. The van der Waals surface area contributed by atoms with Crippen LogP contribution in [0.5, 0.6) is 0 Å². The summed E-state index contributed by atoms with van der Waals surface area (Å²) < 4.78 is 2.28. The third-order valence-corrected chi connectivity index (χ3v) is 6.42. The molecule has 0 aliphatic carbocycles. The molecular formula is C35H26N2. The average molecular weight is 475 g/mol. The predicted molar refractivity (Wildman–Crippen MR) is 155 cm³/mol. The highest BCUT2D eigenvalue weighted by Crippen LogP contribution is 2.38. The van der Waals surface area contributed by atoms with E-state index in [1.807, 2.05) is 18.2 Å². The van der Waals surface area contributed by atoms with Gasteiger partial charge in [-0.05, 0) is 23.3 Å². The Morgan fingerprint density at radius 3 is 1.51 bits per heavy atom. The van der Waals surface area contributed by atoms with E-state index in [0.29, 0.717) is 0 Å². The fourth-order valence-corrected chi connectivity index (χ4v) is 4.60. The van der Waals surface area contributed by atoms with Gasteiger partial charge in [0.25, 0.3) is 0 Å². The van der Waals surface area contributed by atoms with E-state index in [2.05, 4.69) is 144 Å². The van der Waals surface area contributed by atoms with Gasteiger partial charge >= 0.3 is 0 Å². The fourth-order valence-electron chi connectivity index (χ4n) is 4.60. The monoisotopic (exact) mass is 474 g/mol. The standard InChI is InChI=1S/C35H26N2/c1-5-13-27(14-6-1)21-22-28-23-25-31(26-24-28)35-36-33(29-15-7-2-8-16-29)34(30-17-9-3-10-18-30)37(35)32-19-11-4-12-20-32/h1-26H/b22-21+. The van der Waals surface area contributed by atoms with Crippen LogP contribution in [0, 0.1) is 0 Å². The number of rotatable bonds is 6. The lowest BCUT2D eigenvalue weighted by Crippen LogP contribution is -2.00. The molecule has 2 heteroatoms. The van der Waals surface area contributed by atoms with Crippen molar-refractivity contribution in [2.75, 3.05) is 0 Å². The minimum absolute atomic E-state index is 0.919. The second-order valence-electron chi connectivity index (χ2n) is 8.90. The van der Waals surface area contributed by atoms with E-state index < -0.39 is 0 Å². The van der Waals surface area contributed by atoms with Gasteiger partial charge in [0.1, 0.15) is 5.82 Å². The summed E-state index contributed by atoms with van der Waals surface area (Å²) in [4.78, 5) is 5.27. The fraction of sp³-hybridized carbons (Fsp3) is 0.